The van der Waals surface area contributed by atoms with Crippen LogP contribution in [-0.4, -0.2) is 144 Å². The van der Waals surface area contributed by atoms with E-state index in [1.54, 1.807) is 0 Å². The summed E-state index contributed by atoms with van der Waals surface area (Å²) in [5.74, 6) is 0.212. The third-order valence-corrected chi connectivity index (χ3v) is 6.10. The fourth-order valence-electron chi connectivity index (χ4n) is 3.78. The molecule has 1 rings (SSSR count). The number of hydrogen-bond acceptors (Lipinski definition) is 7. The summed E-state index contributed by atoms with van der Waals surface area (Å²) in [4.78, 5) is 4.28. The van der Waals surface area contributed by atoms with E-state index < -0.39 is 12.2 Å². The number of nitrogens with one attached hydrogen (secondary N) is 1. The van der Waals surface area contributed by atoms with Crippen molar-refractivity contribution in [3.8, 4) is 0 Å². The van der Waals surface area contributed by atoms with Crippen LogP contribution in [0.15, 0.2) is 0 Å². The van der Waals surface area contributed by atoms with E-state index in [4.69, 9.17) is 16.7 Å². The Hall–Kier alpha value is -0.0300. The van der Waals surface area contributed by atoms with Gasteiger partial charge in [-0.05, 0) is 13.5 Å². The van der Waals surface area contributed by atoms with Crippen molar-refractivity contribution < 1.29 is 24.9 Å². The van der Waals surface area contributed by atoms with Gasteiger partial charge in [-0.2, -0.15) is 0 Å². The fraction of sp³-hybridized carbons (Fsp3) is 1.00. The van der Waals surface area contributed by atoms with Gasteiger partial charge in [0.05, 0.1) is 31.9 Å². The Morgan fingerprint density at radius 3 is 2.21 bits per heavy atom. The highest BCUT2D eigenvalue weighted by molar-refractivity contribution is 6.18. The van der Waals surface area contributed by atoms with Gasteiger partial charge >= 0.3 is 0 Å². The Labute approximate surface area is 175 Å². The van der Waals surface area contributed by atoms with E-state index in [1.165, 1.54) is 0 Å². The maximum absolute atomic E-state index is 9.93. The van der Waals surface area contributed by atoms with Crippen LogP contribution in [0.5, 0.6) is 0 Å². The van der Waals surface area contributed by atoms with Gasteiger partial charge in [0.15, 0.2) is 6.10 Å². The monoisotopic (exact) mass is 425 g/mol. The summed E-state index contributed by atoms with van der Waals surface area (Å²) in [5, 5.41) is 41.7. The molecule has 0 aliphatic carbocycles. The molecule has 1 heterocycles. The molecule has 1 saturated heterocycles. The molecule has 28 heavy (non-hydrogen) atoms. The van der Waals surface area contributed by atoms with Gasteiger partial charge in [0, 0.05) is 51.7 Å². The van der Waals surface area contributed by atoms with Crippen LogP contribution in [0.1, 0.15) is 13.8 Å². The van der Waals surface area contributed by atoms with E-state index in [9.17, 15) is 15.3 Å². The standard InChI is InChI=1S/C19H42ClN4O4/c1-3-22(13-18(27)16-25)8-9-23(12-17(26)11-20)7-5-21-6-10-24(4-2)14-19(28)15-24/h17-19,21,25-28H,3-16H2,1-2H3/q+1. The van der Waals surface area contributed by atoms with Crippen LogP contribution in [0, 0.1) is 0 Å². The van der Waals surface area contributed by atoms with E-state index in [1.807, 2.05) is 6.92 Å². The molecule has 0 aromatic heterocycles. The predicted octanol–water partition coefficient (Wildman–Crippen LogP) is -1.64. The normalized spacial score (nSPS) is 24.5. The number of nitrogens with zero attached hydrogens (tertiary/aromatic N) is 3. The lowest BCUT2D eigenvalue weighted by Crippen LogP contribution is -2.67. The molecule has 0 radical (unpaired) electrons. The Balaban J connectivity index is 2.33. The first kappa shape index (κ1) is 26.0. The van der Waals surface area contributed by atoms with Crippen molar-refractivity contribution in [1.82, 2.24) is 15.1 Å². The van der Waals surface area contributed by atoms with Crippen molar-refractivity contribution in [3.63, 3.8) is 0 Å². The predicted molar refractivity (Wildman–Crippen MR) is 113 cm³/mol. The Kier molecular flexibility index (Phi) is 13.1. The van der Waals surface area contributed by atoms with Gasteiger partial charge in [0.1, 0.15) is 13.1 Å². The summed E-state index contributed by atoms with van der Waals surface area (Å²) < 4.78 is 0.988. The maximum Gasteiger partial charge on any atom is 0.152 e. The molecule has 2 unspecified atom stereocenters. The van der Waals surface area contributed by atoms with E-state index in [0.29, 0.717) is 13.1 Å². The van der Waals surface area contributed by atoms with E-state index in [2.05, 4.69) is 22.0 Å². The van der Waals surface area contributed by atoms with E-state index in [0.717, 1.165) is 69.9 Å². The van der Waals surface area contributed by atoms with Crippen LogP contribution in [0.2, 0.25) is 0 Å². The van der Waals surface area contributed by atoms with Crippen molar-refractivity contribution >= 4 is 11.6 Å². The Morgan fingerprint density at radius 1 is 1.04 bits per heavy atom. The molecule has 168 valence electrons. The molecule has 1 aliphatic rings. The molecule has 1 aliphatic heterocycles. The number of rotatable bonds is 17. The molecule has 5 N–H and O–H groups in total. The minimum atomic E-state index is -0.725. The van der Waals surface area contributed by atoms with Gasteiger partial charge < -0.3 is 30.2 Å². The van der Waals surface area contributed by atoms with Gasteiger partial charge in [0.25, 0.3) is 0 Å². The third-order valence-electron chi connectivity index (χ3n) is 5.74. The van der Waals surface area contributed by atoms with Crippen LogP contribution in [0.4, 0.5) is 0 Å². The van der Waals surface area contributed by atoms with Crippen molar-refractivity contribution in [2.75, 3.05) is 91.0 Å². The number of quaternary nitrogens is 1. The summed E-state index contributed by atoms with van der Waals surface area (Å²) in [5.41, 5.74) is 0. The molecular formula is C19H42ClN4O4+. The molecular weight excluding hydrogens is 384 g/mol. The number of aliphatic hydroxyl groups excluding tert-OH is 4. The number of alkyl halides is 1. The molecule has 0 spiro atoms. The number of hydrogen-bond donors (Lipinski definition) is 5. The lowest BCUT2D eigenvalue weighted by Gasteiger charge is -2.48. The van der Waals surface area contributed by atoms with Crippen LogP contribution >= 0.6 is 11.6 Å². The fourth-order valence-corrected chi connectivity index (χ4v) is 3.87. The largest absolute Gasteiger partial charge is 0.394 e. The second kappa shape index (κ2) is 14.1. The molecule has 0 bridgehead atoms. The molecule has 1 fully saturated rings. The lowest BCUT2D eigenvalue weighted by atomic mass is 10.1. The SMILES string of the molecule is CCN(CCN(CCNCC[N+]1(CC)CC(O)C1)CC(O)CCl)CC(O)CO. The first-order valence-electron chi connectivity index (χ1n) is 10.6. The summed E-state index contributed by atoms with van der Waals surface area (Å²) in [6, 6.07) is 0. The van der Waals surface area contributed by atoms with Crippen LogP contribution in [-0.2, 0) is 0 Å². The lowest BCUT2D eigenvalue weighted by molar-refractivity contribution is -0.969. The molecule has 8 nitrogen and oxygen atoms in total. The van der Waals surface area contributed by atoms with Crippen LogP contribution in [0.25, 0.3) is 0 Å². The van der Waals surface area contributed by atoms with Gasteiger partial charge in [0.2, 0.25) is 0 Å². The number of likely N-dealkylation sites (N-methyl/N-ethyl adjacent to an activating group) is 2. The maximum atomic E-state index is 9.93. The molecule has 0 aromatic rings. The minimum absolute atomic E-state index is 0.140. The Bertz CT molecular complexity index is 402. The van der Waals surface area contributed by atoms with Crippen molar-refractivity contribution in [2.45, 2.75) is 32.2 Å². The highest BCUT2D eigenvalue weighted by Crippen LogP contribution is 2.19. The summed E-state index contributed by atoms with van der Waals surface area (Å²) in [7, 11) is 0. The van der Waals surface area contributed by atoms with Gasteiger partial charge in [-0.25, -0.2) is 0 Å². The average molecular weight is 426 g/mol. The topological polar surface area (TPSA) is 99.4 Å². The summed E-state index contributed by atoms with van der Waals surface area (Å²) in [6.45, 7) is 13.6. The summed E-state index contributed by atoms with van der Waals surface area (Å²) in [6.07, 6.45) is -1.42. The van der Waals surface area contributed by atoms with Crippen molar-refractivity contribution in [2.24, 2.45) is 0 Å². The van der Waals surface area contributed by atoms with Crippen LogP contribution < -0.4 is 5.32 Å². The molecule has 2 atom stereocenters. The van der Waals surface area contributed by atoms with E-state index in [-0.39, 0.29) is 18.6 Å². The van der Waals surface area contributed by atoms with E-state index >= 15 is 0 Å². The zero-order valence-electron chi connectivity index (χ0n) is 17.6. The zero-order valence-corrected chi connectivity index (χ0v) is 18.4. The van der Waals surface area contributed by atoms with Gasteiger partial charge in [-0.15, -0.1) is 11.6 Å². The van der Waals surface area contributed by atoms with Gasteiger partial charge in [-0.1, -0.05) is 6.92 Å². The van der Waals surface area contributed by atoms with Crippen LogP contribution in [0.3, 0.4) is 0 Å². The zero-order chi connectivity index (χ0) is 21.0. The number of aliphatic hydroxyl groups is 4. The number of likely N-dealkylation sites (tertiary alicyclic amines) is 1. The molecule has 0 saturated carbocycles. The smallest absolute Gasteiger partial charge is 0.152 e. The molecule has 0 aromatic carbocycles. The first-order chi connectivity index (χ1) is 13.4. The third kappa shape index (κ3) is 9.65. The highest BCUT2D eigenvalue weighted by Gasteiger charge is 2.40. The minimum Gasteiger partial charge on any atom is -0.394 e. The van der Waals surface area contributed by atoms with Crippen molar-refractivity contribution in [1.29, 1.82) is 0 Å². The molecule has 9 heteroatoms. The summed E-state index contributed by atoms with van der Waals surface area (Å²) >= 11 is 5.77. The first-order valence-corrected chi connectivity index (χ1v) is 11.1. The van der Waals surface area contributed by atoms with Gasteiger partial charge in [-0.3, -0.25) is 9.80 Å². The second-order valence-electron chi connectivity index (χ2n) is 7.99. The molecule has 0 amide bonds. The quantitative estimate of drug-likeness (QED) is 0.108. The Morgan fingerprint density at radius 2 is 1.68 bits per heavy atom. The number of halogens is 1. The second-order valence-corrected chi connectivity index (χ2v) is 8.30. The average Bonchev–Trinajstić information content (AvgIpc) is 2.67. The highest BCUT2D eigenvalue weighted by atomic mass is 35.5. The van der Waals surface area contributed by atoms with Crippen molar-refractivity contribution in [3.05, 3.63) is 0 Å².